The van der Waals surface area contributed by atoms with E-state index in [1.165, 1.54) is 5.56 Å². The summed E-state index contributed by atoms with van der Waals surface area (Å²) in [6.45, 7) is 4.63. The third kappa shape index (κ3) is 3.84. The zero-order valence-corrected chi connectivity index (χ0v) is 14.9. The van der Waals surface area contributed by atoms with E-state index in [-0.39, 0.29) is 5.91 Å². The number of methoxy groups -OCH3 is 1. The molecule has 0 fully saturated rings. The number of hydrogen-bond donors (Lipinski definition) is 3. The molecule has 6 nitrogen and oxygen atoms in total. The van der Waals surface area contributed by atoms with E-state index >= 15 is 0 Å². The third-order valence-corrected chi connectivity index (χ3v) is 4.63. The molecule has 0 saturated heterocycles. The van der Waals surface area contributed by atoms with E-state index in [0.29, 0.717) is 19.4 Å². The fourth-order valence-corrected chi connectivity index (χ4v) is 2.93. The number of hydrogen-bond acceptors (Lipinski definition) is 3. The number of H-pyrrole nitrogens is 2. The van der Waals surface area contributed by atoms with Gasteiger partial charge in [-0.3, -0.25) is 9.89 Å². The van der Waals surface area contributed by atoms with Crippen LogP contribution in [0.15, 0.2) is 24.4 Å². The van der Waals surface area contributed by atoms with E-state index in [2.05, 4.69) is 20.5 Å². The molecule has 6 heteroatoms. The van der Waals surface area contributed by atoms with Gasteiger partial charge >= 0.3 is 0 Å². The van der Waals surface area contributed by atoms with Crippen LogP contribution in [0.3, 0.4) is 0 Å². The number of aryl methyl sites for hydroxylation is 2. The van der Waals surface area contributed by atoms with E-state index in [0.717, 1.165) is 40.0 Å². The molecule has 0 radical (unpaired) electrons. The van der Waals surface area contributed by atoms with Crippen molar-refractivity contribution < 1.29 is 9.53 Å². The molecule has 25 heavy (non-hydrogen) atoms. The fourth-order valence-electron chi connectivity index (χ4n) is 2.93. The standard InChI is InChI=1S/C19H24N4O2/c1-12-13(2)22-23-17(12)6-7-19(24)20-9-8-14-11-21-18-5-4-15(25-3)10-16(14)18/h4-5,10-11,21H,6-9H2,1-3H3,(H,20,24)(H,22,23). The van der Waals surface area contributed by atoms with Crippen LogP contribution in [0.25, 0.3) is 10.9 Å². The lowest BCUT2D eigenvalue weighted by Crippen LogP contribution is -2.25. The number of amides is 1. The highest BCUT2D eigenvalue weighted by Crippen LogP contribution is 2.23. The van der Waals surface area contributed by atoms with Crippen molar-refractivity contribution in [3.8, 4) is 5.75 Å². The van der Waals surface area contributed by atoms with Crippen molar-refractivity contribution in [2.75, 3.05) is 13.7 Å². The summed E-state index contributed by atoms with van der Waals surface area (Å²) in [4.78, 5) is 15.3. The van der Waals surface area contributed by atoms with Gasteiger partial charge in [0.05, 0.1) is 12.8 Å². The van der Waals surface area contributed by atoms with Crippen LogP contribution >= 0.6 is 0 Å². The number of fused-ring (bicyclic) bond motifs is 1. The molecule has 0 bridgehead atoms. The monoisotopic (exact) mass is 340 g/mol. The van der Waals surface area contributed by atoms with E-state index in [1.54, 1.807) is 7.11 Å². The fraction of sp³-hybridized carbons (Fsp3) is 0.368. The van der Waals surface area contributed by atoms with Gasteiger partial charge in [-0.1, -0.05) is 0 Å². The Morgan fingerprint density at radius 1 is 1.28 bits per heavy atom. The number of carbonyl (C=O) groups excluding carboxylic acids is 1. The summed E-state index contributed by atoms with van der Waals surface area (Å²) in [6, 6.07) is 5.96. The number of nitrogens with one attached hydrogen (secondary N) is 3. The molecule has 132 valence electrons. The Labute approximate surface area is 147 Å². The molecule has 0 spiro atoms. The molecule has 0 saturated carbocycles. The topological polar surface area (TPSA) is 82.8 Å². The minimum atomic E-state index is 0.0532. The van der Waals surface area contributed by atoms with E-state index < -0.39 is 0 Å². The Balaban J connectivity index is 1.51. The Morgan fingerprint density at radius 3 is 2.84 bits per heavy atom. The first-order chi connectivity index (χ1) is 12.1. The SMILES string of the molecule is COc1ccc2[nH]cc(CCNC(=O)CCc3n[nH]c(C)c3C)c2c1. The summed E-state index contributed by atoms with van der Waals surface area (Å²) in [6.07, 6.45) is 3.88. The second-order valence-corrected chi connectivity index (χ2v) is 6.25. The van der Waals surface area contributed by atoms with Gasteiger partial charge in [-0.25, -0.2) is 0 Å². The van der Waals surface area contributed by atoms with Crippen molar-refractivity contribution >= 4 is 16.8 Å². The molecular weight excluding hydrogens is 316 g/mol. The number of ether oxygens (including phenoxy) is 1. The smallest absolute Gasteiger partial charge is 0.220 e. The van der Waals surface area contributed by atoms with E-state index in [9.17, 15) is 4.79 Å². The van der Waals surface area contributed by atoms with Gasteiger partial charge in [0.1, 0.15) is 5.75 Å². The van der Waals surface area contributed by atoms with E-state index in [4.69, 9.17) is 4.74 Å². The molecular formula is C19H24N4O2. The molecule has 2 heterocycles. The summed E-state index contributed by atoms with van der Waals surface area (Å²) in [7, 11) is 1.66. The molecule has 0 atom stereocenters. The Hall–Kier alpha value is -2.76. The number of aromatic nitrogens is 3. The molecule has 3 rings (SSSR count). The van der Waals surface area contributed by atoms with Gasteiger partial charge in [0, 0.05) is 42.2 Å². The highest BCUT2D eigenvalue weighted by molar-refractivity contribution is 5.84. The second kappa shape index (κ2) is 7.42. The molecule has 2 aromatic heterocycles. The largest absolute Gasteiger partial charge is 0.497 e. The molecule has 0 aliphatic heterocycles. The van der Waals surface area contributed by atoms with Crippen LogP contribution in [-0.2, 0) is 17.6 Å². The van der Waals surface area contributed by atoms with Crippen LogP contribution in [0.1, 0.15) is 28.9 Å². The molecule has 3 N–H and O–H groups in total. The first-order valence-corrected chi connectivity index (χ1v) is 8.49. The van der Waals surface area contributed by atoms with Crippen LogP contribution in [0.5, 0.6) is 5.75 Å². The lowest BCUT2D eigenvalue weighted by molar-refractivity contribution is -0.121. The highest BCUT2D eigenvalue weighted by Gasteiger charge is 2.09. The number of rotatable bonds is 7. The van der Waals surface area contributed by atoms with Crippen LogP contribution in [0.2, 0.25) is 0 Å². The normalized spacial score (nSPS) is 11.0. The molecule has 0 unspecified atom stereocenters. The van der Waals surface area contributed by atoms with Gasteiger partial charge in [0.2, 0.25) is 5.91 Å². The van der Waals surface area contributed by atoms with Crippen molar-refractivity contribution in [2.45, 2.75) is 33.1 Å². The summed E-state index contributed by atoms with van der Waals surface area (Å²) < 4.78 is 5.28. The molecule has 0 aliphatic rings. The van der Waals surface area contributed by atoms with Gasteiger partial charge < -0.3 is 15.0 Å². The quantitative estimate of drug-likeness (QED) is 0.618. The van der Waals surface area contributed by atoms with Crippen LogP contribution in [0.4, 0.5) is 0 Å². The number of nitrogens with zero attached hydrogens (tertiary/aromatic N) is 1. The lowest BCUT2D eigenvalue weighted by Gasteiger charge is -2.05. The Bertz CT molecular complexity index is 879. The zero-order valence-electron chi connectivity index (χ0n) is 14.9. The number of carbonyl (C=O) groups is 1. The van der Waals surface area contributed by atoms with Crippen molar-refractivity contribution in [1.29, 1.82) is 0 Å². The minimum absolute atomic E-state index is 0.0532. The summed E-state index contributed by atoms with van der Waals surface area (Å²) >= 11 is 0. The van der Waals surface area contributed by atoms with Crippen LogP contribution < -0.4 is 10.1 Å². The maximum Gasteiger partial charge on any atom is 0.220 e. The first kappa shape index (κ1) is 17.1. The molecule has 0 aliphatic carbocycles. The van der Waals surface area contributed by atoms with Crippen LogP contribution in [0, 0.1) is 13.8 Å². The van der Waals surface area contributed by atoms with Gasteiger partial charge in [-0.15, -0.1) is 0 Å². The van der Waals surface area contributed by atoms with Crippen molar-refractivity contribution in [3.63, 3.8) is 0 Å². The summed E-state index contributed by atoms with van der Waals surface area (Å²) in [5.74, 6) is 0.888. The van der Waals surface area contributed by atoms with Gasteiger partial charge in [0.15, 0.2) is 0 Å². The van der Waals surface area contributed by atoms with Gasteiger partial charge in [-0.2, -0.15) is 5.10 Å². The van der Waals surface area contributed by atoms with Crippen LogP contribution in [-0.4, -0.2) is 34.7 Å². The van der Waals surface area contributed by atoms with Gasteiger partial charge in [0.25, 0.3) is 0 Å². The summed E-state index contributed by atoms with van der Waals surface area (Å²) in [5.41, 5.74) is 5.42. The highest BCUT2D eigenvalue weighted by atomic mass is 16.5. The van der Waals surface area contributed by atoms with Crippen molar-refractivity contribution in [1.82, 2.24) is 20.5 Å². The van der Waals surface area contributed by atoms with Gasteiger partial charge in [-0.05, 0) is 49.6 Å². The summed E-state index contributed by atoms with van der Waals surface area (Å²) in [5, 5.41) is 11.3. The van der Waals surface area contributed by atoms with Crippen molar-refractivity contribution in [2.24, 2.45) is 0 Å². The molecule has 1 amide bonds. The average molecular weight is 340 g/mol. The maximum absolute atomic E-state index is 12.1. The van der Waals surface area contributed by atoms with E-state index in [1.807, 2.05) is 38.2 Å². The molecule has 1 aromatic carbocycles. The Morgan fingerprint density at radius 2 is 2.12 bits per heavy atom. The lowest BCUT2D eigenvalue weighted by atomic mass is 10.1. The van der Waals surface area contributed by atoms with Crippen molar-refractivity contribution in [3.05, 3.63) is 46.9 Å². The predicted octanol–water partition coefficient (Wildman–Crippen LogP) is 2.81. The molecule has 3 aromatic rings. The maximum atomic E-state index is 12.1. The minimum Gasteiger partial charge on any atom is -0.497 e. The third-order valence-electron chi connectivity index (χ3n) is 4.63. The second-order valence-electron chi connectivity index (χ2n) is 6.25. The number of aromatic amines is 2. The zero-order chi connectivity index (χ0) is 17.8. The Kier molecular flexibility index (Phi) is 5.07. The number of benzene rings is 1. The predicted molar refractivity (Wildman–Crippen MR) is 97.9 cm³/mol. The average Bonchev–Trinajstić information content (AvgIpc) is 3.17. The first-order valence-electron chi connectivity index (χ1n) is 8.49.